The molecule has 2 fully saturated rings. The molecule has 2 saturated heterocycles. The number of carbonyl (C=O) groups excluding carboxylic acids is 1. The molecule has 0 bridgehead atoms. The van der Waals surface area contributed by atoms with Gasteiger partial charge in [0.2, 0.25) is 5.95 Å². The SMILES string of the molecule is O=C(Nc1nc(Cl)c2ncn([C@@H]3O[C@H](CO)[C@@H](O)[C@@]34CCO4)c2n1)c1ccccc1. The van der Waals surface area contributed by atoms with Crippen molar-refractivity contribution in [1.82, 2.24) is 19.5 Å². The van der Waals surface area contributed by atoms with Crippen LogP contribution in [0, 0.1) is 0 Å². The predicted octanol–water partition coefficient (Wildman–Crippen LogP) is 1.14. The fourth-order valence-electron chi connectivity index (χ4n) is 3.90. The van der Waals surface area contributed by atoms with Gasteiger partial charge in [0.1, 0.15) is 23.3 Å². The first-order valence-corrected chi connectivity index (χ1v) is 9.76. The summed E-state index contributed by atoms with van der Waals surface area (Å²) in [5.41, 5.74) is 0.0606. The molecule has 30 heavy (non-hydrogen) atoms. The van der Waals surface area contributed by atoms with E-state index in [1.807, 2.05) is 6.07 Å². The standard InChI is InChI=1S/C19H18ClN5O5/c20-14-12-15(23-18(22-14)24-16(28)10-4-2-1-3-5-10)25(9-21-12)17-19(6-7-29-19)13(27)11(8-26)30-17/h1-5,9,11,13,17,26-27H,6-8H2,(H,22,23,24,28)/t11-,13-,17-,19+/m1/s1. The summed E-state index contributed by atoms with van der Waals surface area (Å²) in [4.78, 5) is 25.2. The van der Waals surface area contributed by atoms with E-state index in [1.165, 1.54) is 6.33 Å². The normalized spacial score (nSPS) is 28.0. The monoisotopic (exact) mass is 431 g/mol. The molecule has 0 saturated carbocycles. The van der Waals surface area contributed by atoms with Crippen LogP contribution in [-0.4, -0.2) is 66.7 Å². The maximum atomic E-state index is 12.5. The number of hydrogen-bond donors (Lipinski definition) is 3. The molecule has 0 aliphatic carbocycles. The third-order valence-electron chi connectivity index (χ3n) is 5.51. The molecule has 1 amide bonds. The van der Waals surface area contributed by atoms with Crippen LogP contribution in [0.5, 0.6) is 0 Å². The number of benzene rings is 1. The van der Waals surface area contributed by atoms with E-state index < -0.39 is 24.0 Å². The Labute approximate surface area is 175 Å². The second-order valence-electron chi connectivity index (χ2n) is 7.19. The highest BCUT2D eigenvalue weighted by atomic mass is 35.5. The van der Waals surface area contributed by atoms with Gasteiger partial charge in [0, 0.05) is 12.0 Å². The molecule has 11 heteroatoms. The molecule has 3 N–H and O–H groups in total. The lowest BCUT2D eigenvalue weighted by molar-refractivity contribution is -0.225. The minimum atomic E-state index is -1.01. The van der Waals surface area contributed by atoms with E-state index in [4.69, 9.17) is 21.1 Å². The molecule has 3 aromatic rings. The van der Waals surface area contributed by atoms with Gasteiger partial charge in [-0.3, -0.25) is 14.7 Å². The zero-order chi connectivity index (χ0) is 20.9. The molecule has 1 aromatic carbocycles. The van der Waals surface area contributed by atoms with Crippen molar-refractivity contribution in [2.24, 2.45) is 0 Å². The minimum absolute atomic E-state index is 0.00364. The fraction of sp³-hybridized carbons (Fsp3) is 0.368. The van der Waals surface area contributed by atoms with Gasteiger partial charge < -0.3 is 19.7 Å². The van der Waals surface area contributed by atoms with Gasteiger partial charge in [0.15, 0.2) is 17.0 Å². The van der Waals surface area contributed by atoms with Crippen molar-refractivity contribution in [3.63, 3.8) is 0 Å². The van der Waals surface area contributed by atoms with Crippen LogP contribution in [0.15, 0.2) is 36.7 Å². The third kappa shape index (κ3) is 2.88. The summed E-state index contributed by atoms with van der Waals surface area (Å²) < 4.78 is 13.2. The van der Waals surface area contributed by atoms with Crippen molar-refractivity contribution in [2.75, 3.05) is 18.5 Å². The van der Waals surface area contributed by atoms with E-state index in [0.29, 0.717) is 29.8 Å². The van der Waals surface area contributed by atoms with E-state index in [-0.39, 0.29) is 23.6 Å². The average Bonchev–Trinajstić information content (AvgIpc) is 3.27. The van der Waals surface area contributed by atoms with Crippen molar-refractivity contribution in [3.05, 3.63) is 47.4 Å². The Morgan fingerprint density at radius 2 is 2.10 bits per heavy atom. The molecule has 0 unspecified atom stereocenters. The van der Waals surface area contributed by atoms with E-state index in [9.17, 15) is 15.0 Å². The van der Waals surface area contributed by atoms with Crippen molar-refractivity contribution in [2.45, 2.75) is 30.5 Å². The largest absolute Gasteiger partial charge is 0.394 e. The summed E-state index contributed by atoms with van der Waals surface area (Å²) in [5.74, 6) is -0.382. The third-order valence-corrected chi connectivity index (χ3v) is 5.77. The number of carbonyl (C=O) groups is 1. The first-order valence-electron chi connectivity index (χ1n) is 9.38. The summed E-state index contributed by atoms with van der Waals surface area (Å²) >= 11 is 6.28. The minimum Gasteiger partial charge on any atom is -0.394 e. The molecule has 0 radical (unpaired) electrons. The number of nitrogens with zero attached hydrogens (tertiary/aromatic N) is 4. The Bertz CT molecular complexity index is 1100. The molecule has 2 aliphatic rings. The number of nitrogens with one attached hydrogen (secondary N) is 1. The molecule has 5 rings (SSSR count). The molecule has 2 aliphatic heterocycles. The van der Waals surface area contributed by atoms with Crippen LogP contribution in [0.25, 0.3) is 11.2 Å². The summed E-state index contributed by atoms with van der Waals surface area (Å²) in [7, 11) is 0. The van der Waals surface area contributed by atoms with Crippen LogP contribution in [0.2, 0.25) is 5.15 Å². The number of rotatable bonds is 4. The number of ether oxygens (including phenoxy) is 2. The maximum absolute atomic E-state index is 12.5. The maximum Gasteiger partial charge on any atom is 0.258 e. The number of amides is 1. The molecule has 156 valence electrons. The number of fused-ring (bicyclic) bond motifs is 1. The highest BCUT2D eigenvalue weighted by Gasteiger charge is 2.61. The lowest BCUT2D eigenvalue weighted by Gasteiger charge is -2.44. The van der Waals surface area contributed by atoms with Gasteiger partial charge in [-0.15, -0.1) is 0 Å². The van der Waals surface area contributed by atoms with Gasteiger partial charge in [-0.1, -0.05) is 29.8 Å². The lowest BCUT2D eigenvalue weighted by Crippen LogP contribution is -2.56. The van der Waals surface area contributed by atoms with Gasteiger partial charge in [0.25, 0.3) is 5.91 Å². The summed E-state index contributed by atoms with van der Waals surface area (Å²) in [6.45, 7) is 0.110. The summed E-state index contributed by atoms with van der Waals surface area (Å²) in [6.07, 6.45) is -0.567. The van der Waals surface area contributed by atoms with Gasteiger partial charge >= 0.3 is 0 Å². The predicted molar refractivity (Wildman–Crippen MR) is 105 cm³/mol. The number of aromatic nitrogens is 4. The Morgan fingerprint density at radius 3 is 2.77 bits per heavy atom. The molecule has 2 aromatic heterocycles. The van der Waals surface area contributed by atoms with Gasteiger partial charge in [0.05, 0.1) is 19.5 Å². The number of aliphatic hydroxyl groups is 2. The second-order valence-corrected chi connectivity index (χ2v) is 7.55. The smallest absolute Gasteiger partial charge is 0.258 e. The zero-order valence-electron chi connectivity index (χ0n) is 15.6. The Balaban J connectivity index is 1.52. The summed E-state index contributed by atoms with van der Waals surface area (Å²) in [6, 6.07) is 8.64. The molecule has 4 atom stereocenters. The Morgan fingerprint density at radius 1 is 1.33 bits per heavy atom. The number of aliphatic hydroxyl groups excluding tert-OH is 2. The molecular formula is C19H18ClN5O5. The second kappa shape index (κ2) is 7.25. The first kappa shape index (κ1) is 19.3. The highest BCUT2D eigenvalue weighted by Crippen LogP contribution is 2.49. The topological polar surface area (TPSA) is 132 Å². The number of halogens is 1. The molecular weight excluding hydrogens is 414 g/mol. The van der Waals surface area contributed by atoms with E-state index in [1.54, 1.807) is 28.8 Å². The van der Waals surface area contributed by atoms with Gasteiger partial charge in [-0.05, 0) is 12.1 Å². The van der Waals surface area contributed by atoms with Crippen LogP contribution < -0.4 is 5.32 Å². The van der Waals surface area contributed by atoms with Crippen LogP contribution in [0.3, 0.4) is 0 Å². The number of hydrogen-bond acceptors (Lipinski definition) is 8. The van der Waals surface area contributed by atoms with Crippen molar-refractivity contribution >= 4 is 34.6 Å². The lowest BCUT2D eigenvalue weighted by atomic mass is 9.86. The van der Waals surface area contributed by atoms with E-state index in [0.717, 1.165) is 0 Å². The van der Waals surface area contributed by atoms with Crippen LogP contribution in [0.1, 0.15) is 23.0 Å². The van der Waals surface area contributed by atoms with E-state index >= 15 is 0 Å². The quantitative estimate of drug-likeness (QED) is 0.524. The molecule has 4 heterocycles. The summed E-state index contributed by atoms with van der Waals surface area (Å²) in [5, 5.41) is 22.8. The van der Waals surface area contributed by atoms with Gasteiger partial charge in [-0.2, -0.15) is 9.97 Å². The van der Waals surface area contributed by atoms with Crippen LogP contribution >= 0.6 is 11.6 Å². The van der Waals surface area contributed by atoms with Crippen molar-refractivity contribution in [3.8, 4) is 0 Å². The number of anilines is 1. The number of imidazole rings is 1. The Kier molecular flexibility index (Phi) is 4.68. The highest BCUT2D eigenvalue weighted by molar-refractivity contribution is 6.33. The average molecular weight is 432 g/mol. The van der Waals surface area contributed by atoms with Crippen LogP contribution in [0.4, 0.5) is 5.95 Å². The van der Waals surface area contributed by atoms with Gasteiger partial charge in [-0.25, -0.2) is 4.98 Å². The Hall–Kier alpha value is -2.63. The zero-order valence-corrected chi connectivity index (χ0v) is 16.4. The molecule has 1 spiro atoms. The molecule has 10 nitrogen and oxygen atoms in total. The van der Waals surface area contributed by atoms with Crippen molar-refractivity contribution in [1.29, 1.82) is 0 Å². The van der Waals surface area contributed by atoms with Crippen LogP contribution in [-0.2, 0) is 9.47 Å². The van der Waals surface area contributed by atoms with Crippen molar-refractivity contribution < 1.29 is 24.5 Å². The first-order chi connectivity index (χ1) is 14.5. The fourth-order valence-corrected chi connectivity index (χ4v) is 4.11. The van der Waals surface area contributed by atoms with E-state index in [2.05, 4.69) is 20.3 Å².